The predicted octanol–water partition coefficient (Wildman–Crippen LogP) is 2.90. The van der Waals surface area contributed by atoms with Crippen molar-refractivity contribution in [2.45, 2.75) is 46.1 Å². The molecule has 2 N–H and O–H groups in total. The molecule has 132 valence electrons. The highest BCUT2D eigenvalue weighted by Gasteiger charge is 2.22. The number of hydrogen-bond donors (Lipinski definition) is 2. The maximum Gasteiger partial charge on any atom is 0.253 e. The first kappa shape index (κ1) is 18.5. The molecule has 2 atom stereocenters. The second-order valence-electron chi connectivity index (χ2n) is 6.76. The molecular weight excluding hydrogens is 304 g/mol. The minimum Gasteiger partial charge on any atom is -0.393 e. The van der Waals surface area contributed by atoms with Crippen LogP contribution in [0.25, 0.3) is 0 Å². The van der Waals surface area contributed by atoms with E-state index in [1.807, 2.05) is 6.92 Å². The number of aliphatic hydroxyl groups is 1. The number of amides is 2. The fourth-order valence-corrected chi connectivity index (χ4v) is 2.82. The van der Waals surface area contributed by atoms with Gasteiger partial charge in [0, 0.05) is 30.3 Å². The van der Waals surface area contributed by atoms with E-state index in [2.05, 4.69) is 19.2 Å². The van der Waals surface area contributed by atoms with E-state index in [1.54, 1.807) is 29.2 Å². The lowest BCUT2D eigenvalue weighted by Gasteiger charge is -2.29. The maximum absolute atomic E-state index is 12.4. The average Bonchev–Trinajstić information content (AvgIpc) is 2.61. The molecule has 1 fully saturated rings. The third-order valence-electron chi connectivity index (χ3n) is 5.06. The lowest BCUT2D eigenvalue weighted by molar-refractivity contribution is -0.120. The summed E-state index contributed by atoms with van der Waals surface area (Å²) in [6, 6.07) is 7.04. The van der Waals surface area contributed by atoms with Crippen LogP contribution in [0.2, 0.25) is 0 Å². The summed E-state index contributed by atoms with van der Waals surface area (Å²) >= 11 is 0. The number of carbonyl (C=O) groups is 2. The van der Waals surface area contributed by atoms with Crippen molar-refractivity contribution in [1.82, 2.24) is 4.90 Å². The van der Waals surface area contributed by atoms with E-state index >= 15 is 0 Å². The van der Waals surface area contributed by atoms with Gasteiger partial charge in [0.1, 0.15) is 0 Å². The molecule has 1 aromatic rings. The molecule has 0 radical (unpaired) electrons. The SMILES string of the molecule is CCC(C)C(C)C(=O)Nc1ccc(C(=O)N2CCC(O)CC2)cc1. The van der Waals surface area contributed by atoms with Crippen LogP contribution in [-0.4, -0.2) is 41.0 Å². The van der Waals surface area contributed by atoms with E-state index in [1.165, 1.54) is 0 Å². The van der Waals surface area contributed by atoms with E-state index in [9.17, 15) is 14.7 Å². The van der Waals surface area contributed by atoms with Crippen molar-refractivity contribution in [2.24, 2.45) is 11.8 Å². The summed E-state index contributed by atoms with van der Waals surface area (Å²) in [7, 11) is 0. The largest absolute Gasteiger partial charge is 0.393 e. The summed E-state index contributed by atoms with van der Waals surface area (Å²) in [6.07, 6.45) is 1.94. The van der Waals surface area contributed by atoms with Crippen LogP contribution < -0.4 is 5.32 Å². The van der Waals surface area contributed by atoms with Crippen LogP contribution in [-0.2, 0) is 4.79 Å². The van der Waals surface area contributed by atoms with Crippen LogP contribution in [0.15, 0.2) is 24.3 Å². The monoisotopic (exact) mass is 332 g/mol. The van der Waals surface area contributed by atoms with Gasteiger partial charge in [0.2, 0.25) is 5.91 Å². The summed E-state index contributed by atoms with van der Waals surface area (Å²) < 4.78 is 0. The number of aliphatic hydroxyl groups excluding tert-OH is 1. The van der Waals surface area contributed by atoms with Gasteiger partial charge in [-0.1, -0.05) is 27.2 Å². The van der Waals surface area contributed by atoms with Crippen molar-refractivity contribution in [2.75, 3.05) is 18.4 Å². The zero-order valence-corrected chi connectivity index (χ0v) is 14.8. The predicted molar refractivity (Wildman–Crippen MR) is 94.8 cm³/mol. The Labute approximate surface area is 144 Å². The highest BCUT2D eigenvalue weighted by Crippen LogP contribution is 2.19. The fourth-order valence-electron chi connectivity index (χ4n) is 2.82. The van der Waals surface area contributed by atoms with Crippen LogP contribution >= 0.6 is 0 Å². The van der Waals surface area contributed by atoms with Crippen LogP contribution in [0.1, 0.15) is 50.4 Å². The van der Waals surface area contributed by atoms with Gasteiger partial charge in [-0.3, -0.25) is 9.59 Å². The topological polar surface area (TPSA) is 69.6 Å². The first-order chi connectivity index (χ1) is 11.4. The summed E-state index contributed by atoms with van der Waals surface area (Å²) in [5.74, 6) is 0.276. The van der Waals surface area contributed by atoms with Crippen molar-refractivity contribution in [3.05, 3.63) is 29.8 Å². The molecule has 0 bridgehead atoms. The lowest BCUT2D eigenvalue weighted by Crippen LogP contribution is -2.40. The third-order valence-corrected chi connectivity index (χ3v) is 5.06. The average molecular weight is 332 g/mol. The van der Waals surface area contributed by atoms with Crippen molar-refractivity contribution in [3.8, 4) is 0 Å². The Morgan fingerprint density at radius 1 is 1.21 bits per heavy atom. The van der Waals surface area contributed by atoms with Crippen LogP contribution in [0.4, 0.5) is 5.69 Å². The molecule has 24 heavy (non-hydrogen) atoms. The quantitative estimate of drug-likeness (QED) is 0.871. The lowest BCUT2D eigenvalue weighted by atomic mass is 9.93. The molecule has 0 saturated carbocycles. The van der Waals surface area contributed by atoms with Crippen molar-refractivity contribution in [3.63, 3.8) is 0 Å². The zero-order chi connectivity index (χ0) is 17.7. The summed E-state index contributed by atoms with van der Waals surface area (Å²) in [4.78, 5) is 26.4. The normalized spacial score (nSPS) is 18.1. The van der Waals surface area contributed by atoms with E-state index in [0.717, 1.165) is 6.42 Å². The Kier molecular flexibility index (Phi) is 6.37. The second-order valence-corrected chi connectivity index (χ2v) is 6.76. The van der Waals surface area contributed by atoms with E-state index < -0.39 is 0 Å². The molecule has 2 unspecified atom stereocenters. The van der Waals surface area contributed by atoms with Crippen molar-refractivity contribution >= 4 is 17.5 Å². The molecule has 0 spiro atoms. The van der Waals surface area contributed by atoms with Crippen molar-refractivity contribution < 1.29 is 14.7 Å². The number of anilines is 1. The smallest absolute Gasteiger partial charge is 0.253 e. The molecule has 1 saturated heterocycles. The van der Waals surface area contributed by atoms with Gasteiger partial charge in [-0.2, -0.15) is 0 Å². The van der Waals surface area contributed by atoms with Gasteiger partial charge in [0.25, 0.3) is 5.91 Å². The number of rotatable bonds is 5. The molecule has 5 nitrogen and oxygen atoms in total. The van der Waals surface area contributed by atoms with Crippen LogP contribution in [0, 0.1) is 11.8 Å². The Bertz CT molecular complexity index is 562. The minimum atomic E-state index is -0.292. The van der Waals surface area contributed by atoms with Gasteiger partial charge in [-0.05, 0) is 43.0 Å². The van der Waals surface area contributed by atoms with Gasteiger partial charge < -0.3 is 15.3 Å². The number of benzene rings is 1. The molecule has 0 aliphatic carbocycles. The zero-order valence-electron chi connectivity index (χ0n) is 14.8. The molecular formula is C19H28N2O3. The van der Waals surface area contributed by atoms with Gasteiger partial charge in [0.15, 0.2) is 0 Å². The minimum absolute atomic E-state index is 0.00782. The molecule has 1 aromatic carbocycles. The molecule has 1 aliphatic rings. The molecule has 0 aromatic heterocycles. The van der Waals surface area contributed by atoms with Gasteiger partial charge in [-0.25, -0.2) is 0 Å². The number of piperidine rings is 1. The van der Waals surface area contributed by atoms with Gasteiger partial charge in [-0.15, -0.1) is 0 Å². The molecule has 1 heterocycles. The number of hydrogen-bond acceptors (Lipinski definition) is 3. The Balaban J connectivity index is 1.95. The highest BCUT2D eigenvalue weighted by atomic mass is 16.3. The summed E-state index contributed by atoms with van der Waals surface area (Å²) in [6.45, 7) is 7.26. The Morgan fingerprint density at radius 3 is 2.33 bits per heavy atom. The number of carbonyl (C=O) groups excluding carboxylic acids is 2. The number of nitrogens with one attached hydrogen (secondary N) is 1. The summed E-state index contributed by atoms with van der Waals surface area (Å²) in [5, 5.41) is 12.4. The molecule has 2 amide bonds. The Hall–Kier alpha value is -1.88. The van der Waals surface area contributed by atoms with Crippen LogP contribution in [0.3, 0.4) is 0 Å². The number of nitrogens with zero attached hydrogens (tertiary/aromatic N) is 1. The molecule has 2 rings (SSSR count). The second kappa shape index (κ2) is 8.29. The van der Waals surface area contributed by atoms with Crippen molar-refractivity contribution in [1.29, 1.82) is 0 Å². The molecule has 5 heteroatoms. The van der Waals surface area contributed by atoms with E-state index in [4.69, 9.17) is 0 Å². The third kappa shape index (κ3) is 4.57. The standard InChI is InChI=1S/C19H28N2O3/c1-4-13(2)14(3)18(23)20-16-7-5-15(6-8-16)19(24)21-11-9-17(22)10-12-21/h5-8,13-14,17,22H,4,9-12H2,1-3H3,(H,20,23). The van der Waals surface area contributed by atoms with E-state index in [-0.39, 0.29) is 23.8 Å². The highest BCUT2D eigenvalue weighted by molar-refractivity contribution is 5.96. The summed E-state index contributed by atoms with van der Waals surface area (Å²) in [5.41, 5.74) is 1.32. The molecule has 1 aliphatic heterocycles. The van der Waals surface area contributed by atoms with Gasteiger partial charge in [0.05, 0.1) is 6.10 Å². The first-order valence-electron chi connectivity index (χ1n) is 8.80. The van der Waals surface area contributed by atoms with Crippen LogP contribution in [0.5, 0.6) is 0 Å². The van der Waals surface area contributed by atoms with E-state index in [0.29, 0.717) is 43.1 Å². The Morgan fingerprint density at radius 2 is 1.79 bits per heavy atom. The number of likely N-dealkylation sites (tertiary alicyclic amines) is 1. The first-order valence-corrected chi connectivity index (χ1v) is 8.80. The fraction of sp³-hybridized carbons (Fsp3) is 0.579. The van der Waals surface area contributed by atoms with Gasteiger partial charge >= 0.3 is 0 Å². The maximum atomic E-state index is 12.4.